The first-order chi connectivity index (χ1) is 10.7. The first kappa shape index (κ1) is 14.4. The van der Waals surface area contributed by atoms with Crippen molar-refractivity contribution < 1.29 is 0 Å². The molecule has 0 N–H and O–H groups in total. The minimum Gasteiger partial charge on any atom is -0.192 e. The van der Waals surface area contributed by atoms with Gasteiger partial charge in [0.1, 0.15) is 0 Å². The second-order valence-electron chi connectivity index (χ2n) is 4.82. The van der Waals surface area contributed by atoms with Crippen molar-refractivity contribution >= 4 is 74.7 Å². The van der Waals surface area contributed by atoms with Crippen LogP contribution in [0.2, 0.25) is 0 Å². The number of fused-ring (bicyclic) bond motifs is 2. The molecule has 2 aromatic heterocycles. The maximum Gasteiger partial charge on any atom is 0.0992 e. The standard InChI is InChI=1S/C17H7Br2NS2/c18-16-14(10-3-1-2-4-12(10)21-16)15-11-6-5-9(8-20)7-13(11)22-17(15)19/h1-7H. The Balaban J connectivity index is 2.11. The van der Waals surface area contributed by atoms with Gasteiger partial charge in [-0.25, -0.2) is 0 Å². The van der Waals surface area contributed by atoms with Crippen LogP contribution in [0.15, 0.2) is 50.0 Å². The van der Waals surface area contributed by atoms with Crippen molar-refractivity contribution in [2.24, 2.45) is 0 Å². The van der Waals surface area contributed by atoms with Gasteiger partial charge < -0.3 is 0 Å². The molecule has 2 aromatic carbocycles. The van der Waals surface area contributed by atoms with Crippen LogP contribution in [0.4, 0.5) is 0 Å². The minimum atomic E-state index is 0.696. The van der Waals surface area contributed by atoms with E-state index in [1.807, 2.05) is 18.2 Å². The van der Waals surface area contributed by atoms with E-state index < -0.39 is 0 Å². The molecule has 0 atom stereocenters. The largest absolute Gasteiger partial charge is 0.192 e. The van der Waals surface area contributed by atoms with Crippen LogP contribution in [0, 0.1) is 11.3 Å². The van der Waals surface area contributed by atoms with Crippen LogP contribution in [-0.2, 0) is 0 Å². The van der Waals surface area contributed by atoms with Gasteiger partial charge in [0.25, 0.3) is 0 Å². The van der Waals surface area contributed by atoms with Gasteiger partial charge in [-0.2, -0.15) is 5.26 Å². The average Bonchev–Trinajstić information content (AvgIpc) is 3.01. The zero-order chi connectivity index (χ0) is 15.3. The van der Waals surface area contributed by atoms with Gasteiger partial charge in [0, 0.05) is 31.3 Å². The summed E-state index contributed by atoms with van der Waals surface area (Å²) in [5.41, 5.74) is 3.12. The van der Waals surface area contributed by atoms with Crippen LogP contribution >= 0.6 is 54.5 Å². The minimum absolute atomic E-state index is 0.696. The molecule has 0 aliphatic heterocycles. The topological polar surface area (TPSA) is 23.8 Å². The highest BCUT2D eigenvalue weighted by Crippen LogP contribution is 2.50. The van der Waals surface area contributed by atoms with Crippen LogP contribution in [-0.4, -0.2) is 0 Å². The molecular weight excluding hydrogens is 442 g/mol. The van der Waals surface area contributed by atoms with E-state index in [4.69, 9.17) is 5.26 Å². The predicted octanol–water partition coefficient (Wildman–Crippen LogP) is 7.18. The van der Waals surface area contributed by atoms with Crippen molar-refractivity contribution in [3.05, 3.63) is 55.6 Å². The third kappa shape index (κ3) is 2.14. The van der Waals surface area contributed by atoms with Crippen molar-refractivity contribution in [2.75, 3.05) is 0 Å². The van der Waals surface area contributed by atoms with Gasteiger partial charge in [-0.1, -0.05) is 24.3 Å². The molecular formula is C17H7Br2NS2. The fourth-order valence-electron chi connectivity index (χ4n) is 2.62. The van der Waals surface area contributed by atoms with Gasteiger partial charge in [-0.3, -0.25) is 0 Å². The van der Waals surface area contributed by atoms with E-state index in [9.17, 15) is 0 Å². The maximum atomic E-state index is 9.08. The molecule has 4 rings (SSSR count). The van der Waals surface area contributed by atoms with E-state index in [0.29, 0.717) is 5.56 Å². The molecule has 0 aliphatic rings. The van der Waals surface area contributed by atoms with Gasteiger partial charge in [-0.15, -0.1) is 22.7 Å². The molecule has 0 spiro atoms. The number of nitrogens with zero attached hydrogens (tertiary/aromatic N) is 1. The Labute approximate surface area is 152 Å². The molecule has 0 unspecified atom stereocenters. The van der Waals surface area contributed by atoms with Crippen molar-refractivity contribution in [1.29, 1.82) is 5.26 Å². The Kier molecular flexibility index (Phi) is 3.58. The first-order valence-corrected chi connectivity index (χ1v) is 9.70. The molecule has 106 valence electrons. The number of thiophene rings is 2. The monoisotopic (exact) mass is 447 g/mol. The summed E-state index contributed by atoms with van der Waals surface area (Å²) in [6.07, 6.45) is 0. The molecule has 0 radical (unpaired) electrons. The van der Waals surface area contributed by atoms with Crippen molar-refractivity contribution in [3.63, 3.8) is 0 Å². The number of hydrogen-bond acceptors (Lipinski definition) is 3. The summed E-state index contributed by atoms with van der Waals surface area (Å²) in [4.78, 5) is 0. The summed E-state index contributed by atoms with van der Waals surface area (Å²) in [5, 5.41) is 11.5. The lowest BCUT2D eigenvalue weighted by molar-refractivity contribution is 1.50. The third-order valence-electron chi connectivity index (χ3n) is 3.58. The smallest absolute Gasteiger partial charge is 0.0992 e. The summed E-state index contributed by atoms with van der Waals surface area (Å²) < 4.78 is 4.63. The lowest BCUT2D eigenvalue weighted by atomic mass is 10.0. The van der Waals surface area contributed by atoms with Gasteiger partial charge in [0.2, 0.25) is 0 Å². The van der Waals surface area contributed by atoms with Crippen LogP contribution in [0.3, 0.4) is 0 Å². The van der Waals surface area contributed by atoms with E-state index >= 15 is 0 Å². The van der Waals surface area contributed by atoms with E-state index in [1.54, 1.807) is 22.7 Å². The Hall–Kier alpha value is -1.19. The van der Waals surface area contributed by atoms with Crippen LogP contribution in [0.5, 0.6) is 0 Å². The molecule has 0 amide bonds. The molecule has 4 aromatic rings. The van der Waals surface area contributed by atoms with E-state index in [2.05, 4.69) is 62.2 Å². The maximum absolute atomic E-state index is 9.08. The Bertz CT molecular complexity index is 1070. The zero-order valence-electron chi connectivity index (χ0n) is 11.1. The van der Waals surface area contributed by atoms with Gasteiger partial charge in [0.05, 0.1) is 19.2 Å². The molecule has 0 saturated carbocycles. The van der Waals surface area contributed by atoms with Gasteiger partial charge >= 0.3 is 0 Å². The van der Waals surface area contributed by atoms with Crippen LogP contribution in [0.25, 0.3) is 31.3 Å². The number of benzene rings is 2. The first-order valence-electron chi connectivity index (χ1n) is 6.48. The fourth-order valence-corrected chi connectivity index (χ4v) is 6.39. The number of rotatable bonds is 1. The van der Waals surface area contributed by atoms with Crippen LogP contribution < -0.4 is 0 Å². The van der Waals surface area contributed by atoms with E-state index in [0.717, 1.165) is 12.3 Å². The fraction of sp³-hybridized carbons (Fsp3) is 0. The number of hydrogen-bond donors (Lipinski definition) is 0. The molecule has 0 saturated heterocycles. The van der Waals surface area contributed by atoms with Gasteiger partial charge in [-0.05, 0) is 50.1 Å². The quantitative estimate of drug-likeness (QED) is 0.302. The summed E-state index contributed by atoms with van der Waals surface area (Å²) >= 11 is 10.9. The van der Waals surface area contributed by atoms with Crippen molar-refractivity contribution in [2.45, 2.75) is 0 Å². The molecule has 2 heterocycles. The molecule has 0 bridgehead atoms. The Morgan fingerprint density at radius 2 is 1.45 bits per heavy atom. The van der Waals surface area contributed by atoms with Gasteiger partial charge in [0.15, 0.2) is 0 Å². The van der Waals surface area contributed by atoms with Crippen molar-refractivity contribution in [1.82, 2.24) is 0 Å². The molecule has 0 fully saturated rings. The highest BCUT2D eigenvalue weighted by Gasteiger charge is 2.19. The molecule has 22 heavy (non-hydrogen) atoms. The Morgan fingerprint density at radius 3 is 2.18 bits per heavy atom. The molecule has 5 heteroatoms. The molecule has 1 nitrogen and oxygen atoms in total. The lowest BCUT2D eigenvalue weighted by Gasteiger charge is -2.02. The second-order valence-corrected chi connectivity index (χ2v) is 9.56. The summed E-state index contributed by atoms with van der Waals surface area (Å²) in [6, 6.07) is 16.5. The second kappa shape index (κ2) is 5.47. The summed E-state index contributed by atoms with van der Waals surface area (Å²) in [7, 11) is 0. The zero-order valence-corrected chi connectivity index (χ0v) is 15.9. The lowest BCUT2D eigenvalue weighted by Crippen LogP contribution is -1.77. The van der Waals surface area contributed by atoms with E-state index in [-0.39, 0.29) is 0 Å². The number of nitriles is 1. The SMILES string of the molecule is N#Cc1ccc2c(-c3c(Br)sc4ccccc34)c(Br)sc2c1. The number of halogens is 2. The highest BCUT2D eigenvalue weighted by molar-refractivity contribution is 9.11. The average molecular weight is 449 g/mol. The predicted molar refractivity (Wildman–Crippen MR) is 103 cm³/mol. The normalized spacial score (nSPS) is 11.1. The highest BCUT2D eigenvalue weighted by atomic mass is 79.9. The Morgan fingerprint density at radius 1 is 0.818 bits per heavy atom. The molecule has 0 aliphatic carbocycles. The third-order valence-corrected chi connectivity index (χ3v) is 7.24. The summed E-state index contributed by atoms with van der Waals surface area (Å²) in [6.45, 7) is 0. The summed E-state index contributed by atoms with van der Waals surface area (Å²) in [5.74, 6) is 0. The van der Waals surface area contributed by atoms with Crippen molar-refractivity contribution in [3.8, 4) is 17.2 Å². The van der Waals surface area contributed by atoms with Crippen LogP contribution in [0.1, 0.15) is 5.56 Å². The van der Waals surface area contributed by atoms with E-state index in [1.165, 1.54) is 26.6 Å².